The summed E-state index contributed by atoms with van der Waals surface area (Å²) in [6.07, 6.45) is 0.214. The summed E-state index contributed by atoms with van der Waals surface area (Å²) in [6, 6.07) is 16.7. The summed E-state index contributed by atoms with van der Waals surface area (Å²) in [5.41, 5.74) is 6.91. The Balaban J connectivity index is 2.25. The molecule has 0 radical (unpaired) electrons. The van der Waals surface area contributed by atoms with Crippen LogP contribution in [-0.2, 0) is 11.2 Å². The summed E-state index contributed by atoms with van der Waals surface area (Å²) in [6.45, 7) is -0.155. The molecular formula is C17H18N2O3. The Morgan fingerprint density at radius 1 is 1.00 bits per heavy atom. The topological polar surface area (TPSA) is 83.6 Å². The van der Waals surface area contributed by atoms with Gasteiger partial charge in [-0.1, -0.05) is 48.5 Å². The van der Waals surface area contributed by atoms with Crippen molar-refractivity contribution < 1.29 is 14.7 Å². The average molecular weight is 298 g/mol. The molecular weight excluding hydrogens is 280 g/mol. The minimum Gasteiger partial charge on any atom is -0.480 e. The molecule has 0 unspecified atom stereocenters. The molecule has 3 N–H and O–H groups in total. The number of amides is 1. The summed E-state index contributed by atoms with van der Waals surface area (Å²) >= 11 is 0. The normalized spacial score (nSPS) is 11.7. The van der Waals surface area contributed by atoms with E-state index < -0.39 is 12.0 Å². The lowest BCUT2D eigenvalue weighted by Crippen LogP contribution is -2.49. The van der Waals surface area contributed by atoms with E-state index >= 15 is 0 Å². The van der Waals surface area contributed by atoms with Crippen LogP contribution < -0.4 is 5.73 Å². The minimum atomic E-state index is -1.07. The maximum atomic E-state index is 12.5. The lowest BCUT2D eigenvalue weighted by atomic mass is 10.0. The molecule has 0 aliphatic heterocycles. The number of aliphatic carboxylic acids is 1. The third-order valence-electron chi connectivity index (χ3n) is 3.41. The second-order valence-electron chi connectivity index (χ2n) is 4.87. The first kappa shape index (κ1) is 15.7. The predicted molar refractivity (Wildman–Crippen MR) is 83.2 cm³/mol. The first-order valence-electron chi connectivity index (χ1n) is 6.96. The van der Waals surface area contributed by atoms with Gasteiger partial charge in [0.25, 0.3) is 5.91 Å². The van der Waals surface area contributed by atoms with Crippen molar-refractivity contribution in [3.8, 4) is 0 Å². The number of carboxylic acids is 1. The van der Waals surface area contributed by atoms with E-state index in [1.807, 2.05) is 30.3 Å². The van der Waals surface area contributed by atoms with E-state index in [9.17, 15) is 14.7 Å². The number of carboxylic acid groups (broad SMARTS) is 1. The van der Waals surface area contributed by atoms with Crippen LogP contribution >= 0.6 is 0 Å². The number of carbonyl (C=O) groups is 2. The Kier molecular flexibility index (Phi) is 5.27. The Morgan fingerprint density at radius 2 is 1.55 bits per heavy atom. The van der Waals surface area contributed by atoms with E-state index in [1.54, 1.807) is 30.3 Å². The van der Waals surface area contributed by atoms with Gasteiger partial charge in [-0.2, -0.15) is 0 Å². The molecule has 22 heavy (non-hydrogen) atoms. The summed E-state index contributed by atoms with van der Waals surface area (Å²) < 4.78 is 0. The van der Waals surface area contributed by atoms with E-state index in [4.69, 9.17) is 5.73 Å². The van der Waals surface area contributed by atoms with Crippen molar-refractivity contribution in [2.75, 3.05) is 6.67 Å². The number of hydrogen-bond donors (Lipinski definition) is 2. The SMILES string of the molecule is NCN(C(=O)c1ccccc1)[C@@H](Cc1ccccc1)C(=O)O. The van der Waals surface area contributed by atoms with Crippen molar-refractivity contribution in [1.82, 2.24) is 4.90 Å². The van der Waals surface area contributed by atoms with Gasteiger partial charge in [0.1, 0.15) is 6.04 Å². The quantitative estimate of drug-likeness (QED) is 0.796. The van der Waals surface area contributed by atoms with Crippen LogP contribution in [0.15, 0.2) is 60.7 Å². The molecule has 0 spiro atoms. The number of hydrogen-bond acceptors (Lipinski definition) is 3. The highest BCUT2D eigenvalue weighted by Crippen LogP contribution is 2.13. The van der Waals surface area contributed by atoms with Gasteiger partial charge in [-0.15, -0.1) is 0 Å². The molecule has 0 heterocycles. The van der Waals surface area contributed by atoms with Gasteiger partial charge in [-0.25, -0.2) is 4.79 Å². The summed E-state index contributed by atoms with van der Waals surface area (Å²) in [4.78, 5) is 25.3. The fraction of sp³-hybridized carbons (Fsp3) is 0.176. The van der Waals surface area contributed by atoms with Gasteiger partial charge in [0.15, 0.2) is 0 Å². The summed E-state index contributed by atoms with van der Waals surface area (Å²) in [7, 11) is 0. The molecule has 2 aromatic carbocycles. The Bertz CT molecular complexity index is 629. The zero-order valence-corrected chi connectivity index (χ0v) is 12.1. The highest BCUT2D eigenvalue weighted by molar-refractivity contribution is 5.96. The van der Waals surface area contributed by atoms with Crippen LogP contribution in [0.2, 0.25) is 0 Å². The standard InChI is InChI=1S/C17H18N2O3/c18-12-19(16(20)14-9-5-2-6-10-14)15(17(21)22)11-13-7-3-1-4-8-13/h1-10,15H,11-12,18H2,(H,21,22)/t15-/m0/s1. The predicted octanol–water partition coefficient (Wildman–Crippen LogP) is 1.74. The number of nitrogens with two attached hydrogens (primary N) is 1. The first-order valence-corrected chi connectivity index (χ1v) is 6.96. The van der Waals surface area contributed by atoms with Crippen LogP contribution in [0.1, 0.15) is 15.9 Å². The number of benzene rings is 2. The first-order chi connectivity index (χ1) is 10.6. The molecule has 2 rings (SSSR count). The van der Waals surface area contributed by atoms with Crippen LogP contribution in [0.25, 0.3) is 0 Å². The van der Waals surface area contributed by atoms with Gasteiger partial charge in [-0.05, 0) is 17.7 Å². The summed E-state index contributed by atoms with van der Waals surface area (Å²) in [5.74, 6) is -1.45. The third-order valence-corrected chi connectivity index (χ3v) is 3.41. The van der Waals surface area contributed by atoms with Crippen molar-refractivity contribution in [2.45, 2.75) is 12.5 Å². The van der Waals surface area contributed by atoms with Crippen molar-refractivity contribution >= 4 is 11.9 Å². The maximum Gasteiger partial charge on any atom is 0.326 e. The molecule has 5 heteroatoms. The van der Waals surface area contributed by atoms with E-state index in [2.05, 4.69) is 0 Å². The second kappa shape index (κ2) is 7.38. The van der Waals surface area contributed by atoms with Gasteiger partial charge >= 0.3 is 5.97 Å². The van der Waals surface area contributed by atoms with Gasteiger partial charge < -0.3 is 15.7 Å². The van der Waals surface area contributed by atoms with E-state index in [-0.39, 0.29) is 19.0 Å². The lowest BCUT2D eigenvalue weighted by molar-refractivity contribution is -0.142. The fourth-order valence-electron chi connectivity index (χ4n) is 2.27. The van der Waals surface area contributed by atoms with Gasteiger partial charge in [0.05, 0.1) is 6.67 Å². The van der Waals surface area contributed by atoms with E-state index in [1.165, 1.54) is 4.90 Å². The molecule has 0 fully saturated rings. The van der Waals surface area contributed by atoms with Crippen molar-refractivity contribution in [3.63, 3.8) is 0 Å². The highest BCUT2D eigenvalue weighted by atomic mass is 16.4. The Labute approximate surface area is 129 Å². The Morgan fingerprint density at radius 3 is 2.05 bits per heavy atom. The van der Waals surface area contributed by atoms with Gasteiger partial charge in [-0.3, -0.25) is 4.79 Å². The third kappa shape index (κ3) is 3.71. The minimum absolute atomic E-state index is 0.155. The number of rotatable bonds is 6. The van der Waals surface area contributed by atoms with Crippen molar-refractivity contribution in [1.29, 1.82) is 0 Å². The van der Waals surface area contributed by atoms with Crippen LogP contribution in [0.3, 0.4) is 0 Å². The highest BCUT2D eigenvalue weighted by Gasteiger charge is 2.29. The van der Waals surface area contributed by atoms with Gasteiger partial charge in [0.2, 0.25) is 0 Å². The van der Waals surface area contributed by atoms with Gasteiger partial charge in [0, 0.05) is 12.0 Å². The molecule has 114 valence electrons. The molecule has 5 nitrogen and oxygen atoms in total. The zero-order chi connectivity index (χ0) is 15.9. The average Bonchev–Trinajstić information content (AvgIpc) is 2.56. The maximum absolute atomic E-state index is 12.5. The smallest absolute Gasteiger partial charge is 0.326 e. The molecule has 2 aromatic rings. The van der Waals surface area contributed by atoms with Crippen LogP contribution in [0.4, 0.5) is 0 Å². The monoisotopic (exact) mass is 298 g/mol. The molecule has 0 saturated heterocycles. The van der Waals surface area contributed by atoms with E-state index in [0.717, 1.165) is 5.56 Å². The molecule has 0 aliphatic rings. The number of carbonyl (C=O) groups excluding carboxylic acids is 1. The molecule has 1 atom stereocenters. The van der Waals surface area contributed by atoms with Crippen LogP contribution in [0.5, 0.6) is 0 Å². The largest absolute Gasteiger partial charge is 0.480 e. The zero-order valence-electron chi connectivity index (χ0n) is 12.1. The van der Waals surface area contributed by atoms with Crippen molar-refractivity contribution in [2.24, 2.45) is 5.73 Å². The van der Waals surface area contributed by atoms with Crippen LogP contribution in [0, 0.1) is 0 Å². The summed E-state index contributed by atoms with van der Waals surface area (Å²) in [5, 5.41) is 9.48. The molecule has 0 bridgehead atoms. The fourth-order valence-corrected chi connectivity index (χ4v) is 2.27. The van der Waals surface area contributed by atoms with E-state index in [0.29, 0.717) is 5.56 Å². The van der Waals surface area contributed by atoms with Crippen molar-refractivity contribution in [3.05, 3.63) is 71.8 Å². The molecule has 0 aliphatic carbocycles. The Hall–Kier alpha value is -2.66. The number of nitrogens with zero attached hydrogens (tertiary/aromatic N) is 1. The molecule has 0 saturated carbocycles. The van der Waals surface area contributed by atoms with Crippen LogP contribution in [-0.4, -0.2) is 34.6 Å². The molecule has 0 aromatic heterocycles. The second-order valence-corrected chi connectivity index (χ2v) is 4.87. The lowest BCUT2D eigenvalue weighted by Gasteiger charge is -2.27. The molecule has 1 amide bonds.